The van der Waals surface area contributed by atoms with E-state index in [0.29, 0.717) is 0 Å². The third-order valence-electron chi connectivity index (χ3n) is 2.80. The molecule has 110 valence electrons. The molecule has 1 aliphatic rings. The summed E-state index contributed by atoms with van der Waals surface area (Å²) in [6, 6.07) is -0.756. The van der Waals surface area contributed by atoms with E-state index in [9.17, 15) is 18.4 Å². The number of hydrogen-bond donors (Lipinski definition) is 1. The molecule has 2 atom stereocenters. The molecule has 2 N–H and O–H groups in total. The number of primary amides is 1. The normalized spacial score (nSPS) is 27.4. The minimum atomic E-state index is -2.13. The Morgan fingerprint density at radius 2 is 2.05 bits per heavy atom. The molecule has 1 aliphatic heterocycles. The van der Waals surface area contributed by atoms with E-state index >= 15 is 0 Å². The van der Waals surface area contributed by atoms with Crippen LogP contribution >= 0.6 is 0 Å². The zero-order valence-corrected chi connectivity index (χ0v) is 11.4. The largest absolute Gasteiger partial charge is 0.444 e. The quantitative estimate of drug-likeness (QED) is 0.851. The summed E-state index contributed by atoms with van der Waals surface area (Å²) in [5.74, 6) is -0.665. The maximum atomic E-state index is 14.0. The molecule has 0 bridgehead atoms. The first kappa shape index (κ1) is 15.7. The summed E-state index contributed by atoms with van der Waals surface area (Å²) in [7, 11) is 0. The Labute approximate surface area is 111 Å². The summed E-state index contributed by atoms with van der Waals surface area (Å²) in [5.41, 5.74) is 2.19. The van der Waals surface area contributed by atoms with Crippen molar-refractivity contribution in [3.8, 4) is 0 Å². The van der Waals surface area contributed by atoms with Crippen LogP contribution in [0.15, 0.2) is 0 Å². The molecular formula is C12H20F2N2O3. The summed E-state index contributed by atoms with van der Waals surface area (Å²) in [5, 5.41) is 0. The van der Waals surface area contributed by atoms with Gasteiger partial charge in [0, 0.05) is 18.9 Å². The first-order valence-electron chi connectivity index (χ1n) is 6.09. The highest BCUT2D eigenvalue weighted by atomic mass is 19.2. The molecule has 0 aromatic heterocycles. The summed E-state index contributed by atoms with van der Waals surface area (Å²) in [6.07, 6.45) is -1.21. The van der Waals surface area contributed by atoms with E-state index < -0.39 is 42.5 Å². The van der Waals surface area contributed by atoms with Gasteiger partial charge in [0.2, 0.25) is 5.91 Å². The summed E-state index contributed by atoms with van der Waals surface area (Å²) in [4.78, 5) is 23.9. The van der Waals surface area contributed by atoms with Gasteiger partial charge in [0.05, 0.1) is 6.54 Å². The molecule has 0 aromatic rings. The molecule has 1 fully saturated rings. The number of rotatable bonds is 3. The fraction of sp³-hybridized carbons (Fsp3) is 0.833. The molecule has 0 aliphatic carbocycles. The molecule has 1 saturated heterocycles. The van der Waals surface area contributed by atoms with Gasteiger partial charge in [-0.2, -0.15) is 0 Å². The monoisotopic (exact) mass is 278 g/mol. The summed E-state index contributed by atoms with van der Waals surface area (Å²) >= 11 is 0. The fourth-order valence-corrected chi connectivity index (χ4v) is 2.08. The van der Waals surface area contributed by atoms with Crippen LogP contribution in [-0.2, 0) is 9.53 Å². The van der Waals surface area contributed by atoms with E-state index in [1.54, 1.807) is 20.8 Å². The lowest BCUT2D eigenvalue weighted by Crippen LogP contribution is -2.42. The maximum absolute atomic E-state index is 14.0. The number of carbonyl (C=O) groups excluding carboxylic acids is 2. The Bertz CT molecular complexity index is 370. The van der Waals surface area contributed by atoms with Crippen molar-refractivity contribution in [1.29, 1.82) is 0 Å². The Morgan fingerprint density at radius 3 is 2.47 bits per heavy atom. The minimum Gasteiger partial charge on any atom is -0.444 e. The van der Waals surface area contributed by atoms with E-state index in [0.717, 1.165) is 4.90 Å². The molecule has 0 radical (unpaired) electrons. The van der Waals surface area contributed by atoms with Gasteiger partial charge in [-0.05, 0) is 20.8 Å². The second-order valence-electron chi connectivity index (χ2n) is 5.92. The van der Waals surface area contributed by atoms with Crippen molar-refractivity contribution in [2.24, 2.45) is 5.73 Å². The smallest absolute Gasteiger partial charge is 0.410 e. The summed E-state index contributed by atoms with van der Waals surface area (Å²) in [6.45, 7) is 3.38. The van der Waals surface area contributed by atoms with Crippen LogP contribution in [0.25, 0.3) is 0 Å². The van der Waals surface area contributed by atoms with E-state index in [1.165, 1.54) is 0 Å². The number of carbonyl (C=O) groups is 2. The third kappa shape index (κ3) is 4.33. The van der Waals surface area contributed by atoms with Crippen molar-refractivity contribution >= 4 is 12.0 Å². The standard InChI is InChI=1S/C12H20F2N2O3/c1-11(2,3)19-10(18)16-7-12(14,6-13)5-8(16)4-9(15)17/h8H,4-7H2,1-3H3,(H2,15,17). The predicted molar refractivity (Wildman–Crippen MR) is 65.0 cm³/mol. The lowest BCUT2D eigenvalue weighted by molar-refractivity contribution is -0.118. The average Bonchev–Trinajstić information content (AvgIpc) is 2.53. The van der Waals surface area contributed by atoms with Crippen LogP contribution in [0.3, 0.4) is 0 Å². The number of nitrogens with zero attached hydrogens (tertiary/aromatic N) is 1. The minimum absolute atomic E-state index is 0.203. The topological polar surface area (TPSA) is 72.6 Å². The van der Waals surface area contributed by atoms with Crippen molar-refractivity contribution < 1.29 is 23.1 Å². The highest BCUT2D eigenvalue weighted by Crippen LogP contribution is 2.33. The van der Waals surface area contributed by atoms with E-state index in [4.69, 9.17) is 10.5 Å². The fourth-order valence-electron chi connectivity index (χ4n) is 2.08. The first-order chi connectivity index (χ1) is 8.56. The Hall–Kier alpha value is -1.40. The third-order valence-corrected chi connectivity index (χ3v) is 2.80. The van der Waals surface area contributed by atoms with Crippen LogP contribution in [0.4, 0.5) is 13.6 Å². The van der Waals surface area contributed by atoms with Crippen LogP contribution in [0.5, 0.6) is 0 Å². The van der Waals surface area contributed by atoms with Crippen molar-refractivity contribution in [1.82, 2.24) is 4.90 Å². The number of hydrogen-bond acceptors (Lipinski definition) is 3. The zero-order valence-electron chi connectivity index (χ0n) is 11.4. The maximum Gasteiger partial charge on any atom is 0.410 e. The number of alkyl halides is 2. The van der Waals surface area contributed by atoms with E-state index in [-0.39, 0.29) is 12.8 Å². The van der Waals surface area contributed by atoms with Crippen molar-refractivity contribution in [2.45, 2.75) is 50.9 Å². The molecule has 1 rings (SSSR count). The van der Waals surface area contributed by atoms with Gasteiger partial charge < -0.3 is 15.4 Å². The number of halogens is 2. The van der Waals surface area contributed by atoms with Gasteiger partial charge >= 0.3 is 6.09 Å². The number of amides is 2. The van der Waals surface area contributed by atoms with Gasteiger partial charge in [-0.25, -0.2) is 13.6 Å². The van der Waals surface area contributed by atoms with Gasteiger partial charge in [0.1, 0.15) is 12.3 Å². The lowest BCUT2D eigenvalue weighted by Gasteiger charge is -2.28. The van der Waals surface area contributed by atoms with Gasteiger partial charge in [-0.15, -0.1) is 0 Å². The molecule has 2 unspecified atom stereocenters. The molecule has 0 spiro atoms. The Kier molecular flexibility index (Phi) is 4.37. The molecular weight excluding hydrogens is 258 g/mol. The van der Waals surface area contributed by atoms with E-state index in [1.807, 2.05) is 0 Å². The second-order valence-corrected chi connectivity index (χ2v) is 5.92. The molecule has 0 aromatic carbocycles. The predicted octanol–water partition coefficient (Wildman–Crippen LogP) is 1.55. The van der Waals surface area contributed by atoms with Crippen LogP contribution in [0, 0.1) is 0 Å². The summed E-state index contributed by atoms with van der Waals surface area (Å²) < 4.78 is 31.8. The van der Waals surface area contributed by atoms with Crippen molar-refractivity contribution in [3.05, 3.63) is 0 Å². The highest BCUT2D eigenvalue weighted by molar-refractivity contribution is 5.76. The zero-order chi connectivity index (χ0) is 14.8. The highest BCUT2D eigenvalue weighted by Gasteiger charge is 2.48. The van der Waals surface area contributed by atoms with Crippen molar-refractivity contribution in [2.75, 3.05) is 13.2 Å². The number of nitrogens with two attached hydrogens (primary N) is 1. The van der Waals surface area contributed by atoms with Crippen molar-refractivity contribution in [3.63, 3.8) is 0 Å². The SMILES string of the molecule is CC(C)(C)OC(=O)N1CC(F)(CF)CC1CC(N)=O. The van der Waals surface area contributed by atoms with Crippen LogP contribution < -0.4 is 5.73 Å². The molecule has 19 heavy (non-hydrogen) atoms. The van der Waals surface area contributed by atoms with Gasteiger partial charge in [-0.1, -0.05) is 0 Å². The molecule has 1 heterocycles. The molecule has 0 saturated carbocycles. The Morgan fingerprint density at radius 1 is 1.47 bits per heavy atom. The van der Waals surface area contributed by atoms with Gasteiger partial charge in [0.15, 0.2) is 5.67 Å². The van der Waals surface area contributed by atoms with Crippen LogP contribution in [0.2, 0.25) is 0 Å². The van der Waals surface area contributed by atoms with Crippen LogP contribution in [-0.4, -0.2) is 47.4 Å². The molecule has 2 amide bonds. The average molecular weight is 278 g/mol. The number of ether oxygens (including phenoxy) is 1. The van der Waals surface area contributed by atoms with Crippen LogP contribution in [0.1, 0.15) is 33.6 Å². The lowest BCUT2D eigenvalue weighted by atomic mass is 10.0. The Balaban J connectivity index is 2.82. The molecule has 7 heteroatoms. The van der Waals surface area contributed by atoms with Gasteiger partial charge in [-0.3, -0.25) is 4.79 Å². The number of likely N-dealkylation sites (tertiary alicyclic amines) is 1. The molecule has 5 nitrogen and oxygen atoms in total. The second kappa shape index (κ2) is 5.30. The van der Waals surface area contributed by atoms with E-state index in [2.05, 4.69) is 0 Å². The van der Waals surface area contributed by atoms with Gasteiger partial charge in [0.25, 0.3) is 0 Å². The first-order valence-corrected chi connectivity index (χ1v) is 6.09.